The molecular formula is C15H9FN4. The van der Waals surface area contributed by atoms with Gasteiger partial charge in [0.1, 0.15) is 5.82 Å². The van der Waals surface area contributed by atoms with E-state index in [-0.39, 0.29) is 5.82 Å². The van der Waals surface area contributed by atoms with Crippen LogP contribution in [0.1, 0.15) is 0 Å². The van der Waals surface area contributed by atoms with Gasteiger partial charge in [-0.25, -0.2) is 9.37 Å². The molecule has 3 aromatic heterocycles. The predicted molar refractivity (Wildman–Crippen MR) is 73.7 cm³/mol. The molecule has 0 saturated heterocycles. The molecule has 5 heteroatoms. The summed E-state index contributed by atoms with van der Waals surface area (Å²) in [6, 6.07) is 6.68. The van der Waals surface area contributed by atoms with Crippen LogP contribution >= 0.6 is 0 Å². The van der Waals surface area contributed by atoms with Gasteiger partial charge in [-0.15, -0.1) is 0 Å². The number of halogens is 1. The van der Waals surface area contributed by atoms with Gasteiger partial charge < -0.3 is 0 Å². The molecule has 20 heavy (non-hydrogen) atoms. The molecule has 0 spiro atoms. The molecule has 0 amide bonds. The first-order chi connectivity index (χ1) is 9.83. The molecule has 4 rings (SSSR count). The largest absolute Gasteiger partial charge is 0.297 e. The minimum Gasteiger partial charge on any atom is -0.297 e. The van der Waals surface area contributed by atoms with Crippen LogP contribution in [0.15, 0.2) is 55.2 Å². The molecule has 0 bridgehead atoms. The predicted octanol–water partition coefficient (Wildman–Crippen LogP) is 3.08. The Labute approximate surface area is 113 Å². The molecule has 0 aliphatic heterocycles. The lowest BCUT2D eigenvalue weighted by molar-refractivity contribution is 0.639. The van der Waals surface area contributed by atoms with Crippen molar-refractivity contribution in [1.29, 1.82) is 0 Å². The molecule has 0 aliphatic carbocycles. The van der Waals surface area contributed by atoms with Crippen molar-refractivity contribution in [2.45, 2.75) is 0 Å². The first-order valence-corrected chi connectivity index (χ1v) is 6.15. The lowest BCUT2D eigenvalue weighted by Gasteiger charge is -2.04. The maximum Gasteiger partial charge on any atom is 0.155 e. The highest BCUT2D eigenvalue weighted by Gasteiger charge is 2.08. The van der Waals surface area contributed by atoms with Crippen LogP contribution in [-0.2, 0) is 0 Å². The Hall–Kier alpha value is -2.82. The standard InChI is InChI=1S/C15H9FN4/c16-12-2-1-3-13-11(12)6-10(7-18-13)14-8-19-15-9-17-4-5-20(14)15/h1-9H. The normalized spacial score (nSPS) is 11.2. The number of fused-ring (bicyclic) bond motifs is 2. The molecule has 0 atom stereocenters. The first-order valence-electron chi connectivity index (χ1n) is 6.15. The van der Waals surface area contributed by atoms with Gasteiger partial charge in [0, 0.05) is 29.5 Å². The lowest BCUT2D eigenvalue weighted by Crippen LogP contribution is -1.90. The van der Waals surface area contributed by atoms with E-state index < -0.39 is 0 Å². The number of hydrogen-bond acceptors (Lipinski definition) is 3. The van der Waals surface area contributed by atoms with Crippen LogP contribution in [0, 0.1) is 5.82 Å². The summed E-state index contributed by atoms with van der Waals surface area (Å²) < 4.78 is 15.7. The molecule has 96 valence electrons. The van der Waals surface area contributed by atoms with Crippen molar-refractivity contribution in [3.63, 3.8) is 0 Å². The highest BCUT2D eigenvalue weighted by molar-refractivity contribution is 5.83. The van der Waals surface area contributed by atoms with Crippen LogP contribution in [0.4, 0.5) is 4.39 Å². The molecule has 0 aliphatic rings. The molecule has 0 saturated carbocycles. The number of rotatable bonds is 1. The van der Waals surface area contributed by atoms with Gasteiger partial charge in [0.05, 0.1) is 23.6 Å². The van der Waals surface area contributed by atoms with Crippen LogP contribution in [-0.4, -0.2) is 19.4 Å². The number of pyridine rings is 1. The van der Waals surface area contributed by atoms with E-state index in [9.17, 15) is 4.39 Å². The minimum absolute atomic E-state index is 0.271. The number of nitrogens with zero attached hydrogens (tertiary/aromatic N) is 4. The van der Waals surface area contributed by atoms with Crippen molar-refractivity contribution in [2.75, 3.05) is 0 Å². The van der Waals surface area contributed by atoms with Crippen LogP contribution in [0.2, 0.25) is 0 Å². The quantitative estimate of drug-likeness (QED) is 0.530. The second-order valence-electron chi connectivity index (χ2n) is 4.48. The van der Waals surface area contributed by atoms with E-state index in [1.165, 1.54) is 6.07 Å². The average molecular weight is 264 g/mol. The fourth-order valence-corrected chi connectivity index (χ4v) is 2.31. The summed E-state index contributed by atoms with van der Waals surface area (Å²) >= 11 is 0. The van der Waals surface area contributed by atoms with E-state index in [4.69, 9.17) is 0 Å². The number of aromatic nitrogens is 4. The van der Waals surface area contributed by atoms with Crippen LogP contribution in [0.5, 0.6) is 0 Å². The molecule has 1 aromatic carbocycles. The van der Waals surface area contributed by atoms with E-state index in [2.05, 4.69) is 15.0 Å². The van der Waals surface area contributed by atoms with Gasteiger partial charge in [0.25, 0.3) is 0 Å². The van der Waals surface area contributed by atoms with E-state index >= 15 is 0 Å². The van der Waals surface area contributed by atoms with Crippen LogP contribution in [0.25, 0.3) is 27.8 Å². The van der Waals surface area contributed by atoms with Crippen LogP contribution in [0.3, 0.4) is 0 Å². The summed E-state index contributed by atoms with van der Waals surface area (Å²) in [4.78, 5) is 12.6. The summed E-state index contributed by atoms with van der Waals surface area (Å²) in [5, 5.41) is 0.508. The Morgan fingerprint density at radius 1 is 1.05 bits per heavy atom. The summed E-state index contributed by atoms with van der Waals surface area (Å²) in [5.74, 6) is -0.271. The molecule has 4 nitrogen and oxygen atoms in total. The summed E-state index contributed by atoms with van der Waals surface area (Å²) in [5.41, 5.74) is 3.07. The van der Waals surface area contributed by atoms with Crippen molar-refractivity contribution >= 4 is 16.6 Å². The lowest BCUT2D eigenvalue weighted by atomic mass is 10.1. The summed E-state index contributed by atoms with van der Waals surface area (Å²) in [6.45, 7) is 0. The van der Waals surface area contributed by atoms with E-state index in [0.29, 0.717) is 10.9 Å². The van der Waals surface area contributed by atoms with E-state index in [1.807, 2.05) is 10.6 Å². The maximum atomic E-state index is 13.8. The molecule has 0 fully saturated rings. The van der Waals surface area contributed by atoms with Crippen molar-refractivity contribution in [1.82, 2.24) is 19.4 Å². The van der Waals surface area contributed by atoms with Crippen molar-refractivity contribution in [3.05, 3.63) is 61.1 Å². The third-order valence-electron chi connectivity index (χ3n) is 3.29. The average Bonchev–Trinajstić information content (AvgIpc) is 2.91. The highest BCUT2D eigenvalue weighted by atomic mass is 19.1. The number of benzene rings is 1. The van der Waals surface area contributed by atoms with Crippen LogP contribution < -0.4 is 0 Å². The van der Waals surface area contributed by atoms with Gasteiger partial charge >= 0.3 is 0 Å². The molecular weight excluding hydrogens is 255 g/mol. The molecule has 0 unspecified atom stereocenters. The Morgan fingerprint density at radius 3 is 2.95 bits per heavy atom. The van der Waals surface area contributed by atoms with Crippen molar-refractivity contribution in [2.24, 2.45) is 0 Å². The first kappa shape index (κ1) is 11.0. The Bertz CT molecular complexity index is 929. The number of imidazole rings is 1. The highest BCUT2D eigenvalue weighted by Crippen LogP contribution is 2.24. The van der Waals surface area contributed by atoms with Crippen molar-refractivity contribution < 1.29 is 4.39 Å². The Kier molecular flexibility index (Phi) is 2.26. The smallest absolute Gasteiger partial charge is 0.155 e. The summed E-state index contributed by atoms with van der Waals surface area (Å²) in [6.07, 6.45) is 8.65. The maximum absolute atomic E-state index is 13.8. The van der Waals surface area contributed by atoms with E-state index in [1.54, 1.807) is 43.0 Å². The SMILES string of the molecule is Fc1cccc2ncc(-c3cnc4cnccn34)cc12. The molecule has 0 radical (unpaired) electrons. The van der Waals surface area contributed by atoms with Crippen molar-refractivity contribution in [3.8, 4) is 11.3 Å². The van der Waals surface area contributed by atoms with E-state index in [0.717, 1.165) is 16.9 Å². The van der Waals surface area contributed by atoms with Gasteiger partial charge in [-0.05, 0) is 18.2 Å². The second-order valence-corrected chi connectivity index (χ2v) is 4.48. The Balaban J connectivity index is 2.00. The van der Waals surface area contributed by atoms with Gasteiger partial charge in [0.15, 0.2) is 5.65 Å². The zero-order valence-electron chi connectivity index (χ0n) is 10.4. The second kappa shape index (κ2) is 4.09. The minimum atomic E-state index is -0.271. The zero-order valence-corrected chi connectivity index (χ0v) is 10.4. The zero-order chi connectivity index (χ0) is 13.5. The fourth-order valence-electron chi connectivity index (χ4n) is 2.31. The Morgan fingerprint density at radius 2 is 2.00 bits per heavy atom. The summed E-state index contributed by atoms with van der Waals surface area (Å²) in [7, 11) is 0. The third-order valence-corrected chi connectivity index (χ3v) is 3.29. The fraction of sp³-hybridized carbons (Fsp3) is 0. The van der Waals surface area contributed by atoms with Gasteiger partial charge in [-0.2, -0.15) is 0 Å². The van der Waals surface area contributed by atoms with Gasteiger partial charge in [-0.3, -0.25) is 14.4 Å². The monoisotopic (exact) mass is 264 g/mol. The van der Waals surface area contributed by atoms with Gasteiger partial charge in [0.2, 0.25) is 0 Å². The topological polar surface area (TPSA) is 43.1 Å². The van der Waals surface area contributed by atoms with Gasteiger partial charge in [-0.1, -0.05) is 6.07 Å². The number of hydrogen-bond donors (Lipinski definition) is 0. The third kappa shape index (κ3) is 1.56. The molecule has 4 aromatic rings. The molecule has 3 heterocycles. The molecule has 0 N–H and O–H groups in total.